The first-order valence-electron chi connectivity index (χ1n) is 27.2. The third-order valence-corrected chi connectivity index (χ3v) is 15.6. The maximum Gasteiger partial charge on any atom is 0.164 e. The number of aromatic nitrogens is 5. The second kappa shape index (κ2) is 19.7. The van der Waals surface area contributed by atoms with E-state index in [4.69, 9.17) is 15.0 Å². The number of hydrogen-bond donors (Lipinski definition) is 0. The summed E-state index contributed by atoms with van der Waals surface area (Å²) in [7, 11) is 0. The number of benzene rings is 12. The van der Waals surface area contributed by atoms with Crippen LogP contribution in [0.25, 0.3) is 145 Å². The Morgan fingerprint density at radius 3 is 0.950 bits per heavy atom. The Kier molecular flexibility index (Phi) is 11.4. The molecular weight excluding hydrogens is 971 g/mol. The number of nitrogens with zero attached hydrogens (tertiary/aromatic N) is 5. The minimum atomic E-state index is 0.592. The molecule has 0 bridgehead atoms. The molecule has 0 atom stereocenters. The lowest BCUT2D eigenvalue weighted by Crippen LogP contribution is -2.01. The van der Waals surface area contributed by atoms with E-state index in [0.717, 1.165) is 78.0 Å². The van der Waals surface area contributed by atoms with Gasteiger partial charge in [0.15, 0.2) is 17.5 Å². The molecule has 0 saturated carbocycles. The Labute approximate surface area is 463 Å². The Hall–Kier alpha value is -10.8. The molecule has 3 heterocycles. The van der Waals surface area contributed by atoms with Crippen LogP contribution in [0.2, 0.25) is 0 Å². The molecule has 0 N–H and O–H groups in total. The standard InChI is InChI=1S/C75H49N5/c1-4-20-50(21-5-1)55-26-18-27-56(46-55)58-43-45-72(80-69-36-16-12-32-63(69)64-33-13-17-37-70(64)80)66(49-58)59-28-19-29-60(47-59)75-77-73(53-24-8-3-9-25-53)76-74(78-75)54-40-38-52(39-41-54)65-48-57(51-22-6-2-7-23-51)42-44-71(65)79-67-34-14-10-30-61(67)62-31-11-15-35-68(62)79/h1-49H. The van der Waals surface area contributed by atoms with Crippen LogP contribution in [-0.4, -0.2) is 24.1 Å². The smallest absolute Gasteiger partial charge is 0.164 e. The van der Waals surface area contributed by atoms with E-state index >= 15 is 0 Å². The molecule has 0 aliphatic carbocycles. The van der Waals surface area contributed by atoms with Gasteiger partial charge < -0.3 is 9.13 Å². The predicted octanol–water partition coefficient (Wildman–Crippen LogP) is 19.4. The Balaban J connectivity index is 0.874. The molecule has 3 aromatic heterocycles. The van der Waals surface area contributed by atoms with Gasteiger partial charge in [-0.25, -0.2) is 15.0 Å². The van der Waals surface area contributed by atoms with Gasteiger partial charge >= 0.3 is 0 Å². The largest absolute Gasteiger partial charge is 0.309 e. The maximum atomic E-state index is 5.34. The summed E-state index contributed by atoms with van der Waals surface area (Å²) in [6, 6.07) is 106. The van der Waals surface area contributed by atoms with E-state index in [1.54, 1.807) is 0 Å². The Bertz CT molecular complexity index is 4700. The van der Waals surface area contributed by atoms with Gasteiger partial charge in [-0.15, -0.1) is 0 Å². The molecule has 0 fully saturated rings. The van der Waals surface area contributed by atoms with Crippen molar-refractivity contribution in [2.75, 3.05) is 0 Å². The predicted molar refractivity (Wildman–Crippen MR) is 332 cm³/mol. The summed E-state index contributed by atoms with van der Waals surface area (Å²) in [5.74, 6) is 1.79. The zero-order valence-electron chi connectivity index (χ0n) is 43.5. The topological polar surface area (TPSA) is 48.5 Å². The van der Waals surface area contributed by atoms with Crippen LogP contribution in [0.3, 0.4) is 0 Å². The number of hydrogen-bond acceptors (Lipinski definition) is 3. The van der Waals surface area contributed by atoms with Gasteiger partial charge in [0.2, 0.25) is 0 Å². The first-order chi connectivity index (χ1) is 39.7. The first kappa shape index (κ1) is 46.5. The van der Waals surface area contributed by atoms with Crippen LogP contribution < -0.4 is 0 Å². The quantitative estimate of drug-likeness (QED) is 0.137. The van der Waals surface area contributed by atoms with Crippen LogP contribution in [0.5, 0.6) is 0 Å². The molecule has 0 spiro atoms. The molecule has 15 rings (SSSR count). The molecule has 15 aromatic rings. The second-order valence-electron chi connectivity index (χ2n) is 20.3. The van der Waals surface area contributed by atoms with E-state index in [1.807, 2.05) is 18.2 Å². The molecule has 0 aliphatic heterocycles. The lowest BCUT2D eigenvalue weighted by atomic mass is 9.94. The molecule has 0 unspecified atom stereocenters. The SMILES string of the molecule is c1ccc(-c2cccc(-c3ccc(-n4c5ccccc5c5ccccc54)c(-c4cccc(-c5nc(-c6ccccc6)nc(-c6ccc(-c7cc(-c8ccccc8)ccc7-n7c8ccccc8c8ccccc87)cc6)n5)c4)c3)c2)cc1. The van der Waals surface area contributed by atoms with Crippen LogP contribution in [0.4, 0.5) is 0 Å². The highest BCUT2D eigenvalue weighted by atomic mass is 15.0. The van der Waals surface area contributed by atoms with Crippen LogP contribution in [0.1, 0.15) is 0 Å². The summed E-state index contributed by atoms with van der Waals surface area (Å²) in [5, 5.41) is 4.88. The average molecular weight is 1020 g/mol. The summed E-state index contributed by atoms with van der Waals surface area (Å²) in [5.41, 5.74) is 20.8. The maximum absolute atomic E-state index is 5.34. The summed E-state index contributed by atoms with van der Waals surface area (Å²) >= 11 is 0. The van der Waals surface area contributed by atoms with Crippen molar-refractivity contribution in [1.29, 1.82) is 0 Å². The number of fused-ring (bicyclic) bond motifs is 6. The first-order valence-corrected chi connectivity index (χ1v) is 27.2. The van der Waals surface area contributed by atoms with E-state index in [0.29, 0.717) is 17.5 Å². The third kappa shape index (κ3) is 8.24. The molecule has 0 amide bonds. The molecule has 0 saturated heterocycles. The van der Waals surface area contributed by atoms with Crippen molar-refractivity contribution < 1.29 is 0 Å². The van der Waals surface area contributed by atoms with Crippen LogP contribution in [-0.2, 0) is 0 Å². The minimum absolute atomic E-state index is 0.592. The van der Waals surface area contributed by atoms with Crippen LogP contribution >= 0.6 is 0 Å². The number of para-hydroxylation sites is 4. The lowest BCUT2D eigenvalue weighted by Gasteiger charge is -2.17. The van der Waals surface area contributed by atoms with Gasteiger partial charge in [-0.05, 0) is 105 Å². The van der Waals surface area contributed by atoms with E-state index < -0.39 is 0 Å². The van der Waals surface area contributed by atoms with Gasteiger partial charge in [0.1, 0.15) is 0 Å². The molecular formula is C75H49N5. The highest BCUT2D eigenvalue weighted by molar-refractivity contribution is 6.11. The van der Waals surface area contributed by atoms with Crippen LogP contribution in [0.15, 0.2) is 297 Å². The van der Waals surface area contributed by atoms with Gasteiger partial charge in [0.25, 0.3) is 0 Å². The molecule has 0 radical (unpaired) electrons. The van der Waals surface area contributed by atoms with Gasteiger partial charge in [-0.3, -0.25) is 0 Å². The monoisotopic (exact) mass is 1020 g/mol. The highest BCUT2D eigenvalue weighted by Gasteiger charge is 2.21. The fourth-order valence-corrected chi connectivity index (χ4v) is 11.8. The van der Waals surface area contributed by atoms with Gasteiger partial charge in [0.05, 0.1) is 33.4 Å². The van der Waals surface area contributed by atoms with Crippen molar-refractivity contribution >= 4 is 43.6 Å². The minimum Gasteiger partial charge on any atom is -0.309 e. The molecule has 5 heteroatoms. The Morgan fingerprint density at radius 2 is 0.475 bits per heavy atom. The molecule has 5 nitrogen and oxygen atoms in total. The highest BCUT2D eigenvalue weighted by Crippen LogP contribution is 2.42. The second-order valence-corrected chi connectivity index (χ2v) is 20.3. The van der Waals surface area contributed by atoms with Gasteiger partial charge in [0, 0.05) is 49.4 Å². The van der Waals surface area contributed by atoms with E-state index in [1.165, 1.54) is 49.3 Å². The van der Waals surface area contributed by atoms with E-state index in [9.17, 15) is 0 Å². The average Bonchev–Trinajstić information content (AvgIpc) is 4.24. The molecule has 80 heavy (non-hydrogen) atoms. The summed E-state index contributed by atoms with van der Waals surface area (Å²) in [4.78, 5) is 15.8. The zero-order valence-corrected chi connectivity index (χ0v) is 43.5. The normalized spacial score (nSPS) is 11.5. The van der Waals surface area contributed by atoms with E-state index in [-0.39, 0.29) is 0 Å². The van der Waals surface area contributed by atoms with Gasteiger partial charge in [-0.2, -0.15) is 0 Å². The van der Waals surface area contributed by atoms with Crippen molar-refractivity contribution in [3.05, 3.63) is 297 Å². The lowest BCUT2D eigenvalue weighted by molar-refractivity contribution is 1.07. The van der Waals surface area contributed by atoms with Crippen molar-refractivity contribution in [1.82, 2.24) is 24.1 Å². The van der Waals surface area contributed by atoms with Gasteiger partial charge in [-0.1, -0.05) is 237 Å². The molecule has 12 aromatic carbocycles. The van der Waals surface area contributed by atoms with Crippen molar-refractivity contribution in [3.8, 4) is 101 Å². The van der Waals surface area contributed by atoms with Crippen molar-refractivity contribution in [2.45, 2.75) is 0 Å². The molecule has 374 valence electrons. The fourth-order valence-electron chi connectivity index (χ4n) is 11.8. The van der Waals surface area contributed by atoms with Crippen molar-refractivity contribution in [3.63, 3.8) is 0 Å². The molecule has 0 aliphatic rings. The number of rotatable bonds is 10. The van der Waals surface area contributed by atoms with Crippen molar-refractivity contribution in [2.24, 2.45) is 0 Å². The van der Waals surface area contributed by atoms with E-state index in [2.05, 4.69) is 288 Å². The summed E-state index contributed by atoms with van der Waals surface area (Å²) in [6.45, 7) is 0. The zero-order chi connectivity index (χ0) is 52.9. The summed E-state index contributed by atoms with van der Waals surface area (Å²) in [6.07, 6.45) is 0. The Morgan fingerprint density at radius 1 is 0.188 bits per heavy atom. The van der Waals surface area contributed by atoms with Crippen LogP contribution in [0, 0.1) is 0 Å². The third-order valence-electron chi connectivity index (χ3n) is 15.6. The summed E-state index contributed by atoms with van der Waals surface area (Å²) < 4.78 is 4.83. The fraction of sp³-hybridized carbons (Fsp3) is 0.